The van der Waals surface area contributed by atoms with E-state index in [9.17, 15) is 24.0 Å². The van der Waals surface area contributed by atoms with E-state index in [1.807, 2.05) is 30.3 Å². The van der Waals surface area contributed by atoms with E-state index in [1.54, 1.807) is 4.90 Å². The molecule has 3 aliphatic rings. The van der Waals surface area contributed by atoms with Gasteiger partial charge in [-0.15, -0.1) is 0 Å². The highest BCUT2D eigenvalue weighted by Gasteiger charge is 2.40. The number of Topliss-reactive ketones (excluding diaryl/α,β-unsaturated/α-hetero) is 1. The van der Waals surface area contributed by atoms with Crippen molar-refractivity contribution in [1.82, 2.24) is 20.9 Å². The number of rotatable bonds is 13. The van der Waals surface area contributed by atoms with Crippen LogP contribution in [-0.4, -0.2) is 84.3 Å². The van der Waals surface area contributed by atoms with Crippen molar-refractivity contribution in [2.45, 2.75) is 101 Å². The first-order valence-corrected chi connectivity index (χ1v) is 15.0. The molecule has 11 heteroatoms. The molecule has 0 spiro atoms. The molecule has 0 aromatic heterocycles. The fraction of sp³-hybridized carbons (Fsp3) is 0.633. The highest BCUT2D eigenvalue weighted by Crippen LogP contribution is 2.21. The van der Waals surface area contributed by atoms with Crippen LogP contribution >= 0.6 is 0 Å². The van der Waals surface area contributed by atoms with Crippen molar-refractivity contribution < 1.29 is 28.7 Å². The van der Waals surface area contributed by atoms with E-state index < -0.39 is 36.0 Å². The lowest BCUT2D eigenvalue weighted by Crippen LogP contribution is -2.61. The minimum atomic E-state index is -0.871. The summed E-state index contributed by atoms with van der Waals surface area (Å²) in [7, 11) is 0. The average molecular weight is 570 g/mol. The molecule has 3 heterocycles. The van der Waals surface area contributed by atoms with Gasteiger partial charge in [0.05, 0.1) is 6.61 Å². The summed E-state index contributed by atoms with van der Waals surface area (Å²) in [5, 5.41) is 8.65. The van der Waals surface area contributed by atoms with Crippen molar-refractivity contribution in [2.75, 3.05) is 19.7 Å². The van der Waals surface area contributed by atoms with Gasteiger partial charge in [0.25, 0.3) is 0 Å². The molecule has 3 aliphatic heterocycles. The number of ketones is 1. The number of ether oxygens (including phenoxy) is 1. The SMILES string of the molecule is NCCCC[C@@H]1NC(=O)[C@H](CCCCCC(=O)[C@@H]2CO2)NC(=O)C2CCCN2C(=O)[C@H](Cc2ccccc2)NC1=O. The largest absolute Gasteiger partial charge is 0.365 e. The number of hydrogen-bond donors (Lipinski definition) is 4. The van der Waals surface area contributed by atoms with Gasteiger partial charge in [0, 0.05) is 19.4 Å². The van der Waals surface area contributed by atoms with Crippen LogP contribution in [-0.2, 0) is 35.1 Å². The van der Waals surface area contributed by atoms with Crippen molar-refractivity contribution >= 4 is 29.4 Å². The number of carbonyl (C=O) groups is 5. The van der Waals surface area contributed by atoms with Gasteiger partial charge in [-0.3, -0.25) is 24.0 Å². The predicted octanol–water partition coefficient (Wildman–Crippen LogP) is 0.736. The molecule has 1 aromatic carbocycles. The molecule has 3 saturated heterocycles. The number of carbonyl (C=O) groups excluding carboxylic acids is 5. The molecule has 1 unspecified atom stereocenters. The maximum atomic E-state index is 13.8. The van der Waals surface area contributed by atoms with Gasteiger partial charge in [-0.2, -0.15) is 0 Å². The summed E-state index contributed by atoms with van der Waals surface area (Å²) < 4.78 is 5.03. The first kappa shape index (κ1) is 30.6. The highest BCUT2D eigenvalue weighted by atomic mass is 16.6. The average Bonchev–Trinajstić information content (AvgIpc) is 3.71. The van der Waals surface area contributed by atoms with Gasteiger partial charge in [-0.25, -0.2) is 0 Å². The fourth-order valence-corrected chi connectivity index (χ4v) is 5.62. The van der Waals surface area contributed by atoms with E-state index in [2.05, 4.69) is 16.0 Å². The zero-order valence-electron chi connectivity index (χ0n) is 23.6. The Kier molecular flexibility index (Phi) is 11.3. The van der Waals surface area contributed by atoms with Crippen molar-refractivity contribution in [3.8, 4) is 0 Å². The van der Waals surface area contributed by atoms with Gasteiger partial charge >= 0.3 is 0 Å². The summed E-state index contributed by atoms with van der Waals surface area (Å²) in [6, 6.07) is 6.12. The monoisotopic (exact) mass is 569 g/mol. The van der Waals surface area contributed by atoms with Gasteiger partial charge in [-0.1, -0.05) is 43.2 Å². The van der Waals surface area contributed by atoms with Crippen LogP contribution in [0.5, 0.6) is 0 Å². The summed E-state index contributed by atoms with van der Waals surface area (Å²) in [5.74, 6) is -1.41. The quantitative estimate of drug-likeness (QED) is 0.201. The number of amides is 4. The third-order valence-corrected chi connectivity index (χ3v) is 8.06. The van der Waals surface area contributed by atoms with E-state index in [1.165, 1.54) is 0 Å². The molecular weight excluding hydrogens is 526 g/mol. The molecule has 0 bridgehead atoms. The second-order valence-electron chi connectivity index (χ2n) is 11.2. The Morgan fingerprint density at radius 3 is 2.15 bits per heavy atom. The maximum absolute atomic E-state index is 13.8. The standard InChI is InChI=1S/C30H43N5O6/c31-16-8-7-13-21-28(38)34-23(18-20-10-3-1-4-11-20)30(40)35-17-9-14-24(35)29(39)33-22(27(37)32-21)12-5-2-6-15-25(36)26-19-41-26/h1,3-4,10-11,21-24,26H,2,5-9,12-19,31H2,(H,32,37)(H,33,39)(H,34,38)/t21-,22-,23-,24?,26-/m0/s1. The van der Waals surface area contributed by atoms with Gasteiger partial charge in [0.15, 0.2) is 5.78 Å². The van der Waals surface area contributed by atoms with E-state index in [4.69, 9.17) is 10.5 Å². The number of unbranched alkanes of at least 4 members (excludes halogenated alkanes) is 3. The first-order chi connectivity index (χ1) is 19.9. The zero-order chi connectivity index (χ0) is 29.2. The summed E-state index contributed by atoms with van der Waals surface area (Å²) in [4.78, 5) is 67.7. The van der Waals surface area contributed by atoms with Crippen LogP contribution in [0, 0.1) is 0 Å². The molecule has 41 heavy (non-hydrogen) atoms. The molecule has 0 radical (unpaired) electrons. The Morgan fingerprint density at radius 2 is 1.49 bits per heavy atom. The third-order valence-electron chi connectivity index (χ3n) is 8.06. The zero-order valence-corrected chi connectivity index (χ0v) is 23.6. The Balaban J connectivity index is 1.50. The van der Waals surface area contributed by atoms with Crippen LogP contribution in [0.4, 0.5) is 0 Å². The smallest absolute Gasteiger partial charge is 0.246 e. The second-order valence-corrected chi connectivity index (χ2v) is 11.2. The molecule has 224 valence electrons. The van der Waals surface area contributed by atoms with E-state index in [0.717, 1.165) is 5.56 Å². The number of fused-ring (bicyclic) bond motifs is 1. The molecule has 0 aliphatic carbocycles. The Morgan fingerprint density at radius 1 is 0.854 bits per heavy atom. The topological polar surface area (TPSA) is 163 Å². The molecule has 1 aromatic rings. The van der Waals surface area contributed by atoms with Crippen molar-refractivity contribution in [2.24, 2.45) is 5.73 Å². The number of nitrogens with two attached hydrogens (primary N) is 1. The number of epoxide rings is 1. The third kappa shape index (κ3) is 8.84. The summed E-state index contributed by atoms with van der Waals surface area (Å²) in [5.41, 5.74) is 6.55. The van der Waals surface area contributed by atoms with E-state index >= 15 is 0 Å². The molecular formula is C30H43N5O6. The first-order valence-electron chi connectivity index (χ1n) is 15.0. The normalized spacial score (nSPS) is 26.8. The summed E-state index contributed by atoms with van der Waals surface area (Å²) in [6.45, 7) is 1.37. The van der Waals surface area contributed by atoms with Crippen LogP contribution in [0.25, 0.3) is 0 Å². The van der Waals surface area contributed by atoms with Gasteiger partial charge in [-0.05, 0) is 57.1 Å². The van der Waals surface area contributed by atoms with E-state index in [-0.39, 0.29) is 30.1 Å². The van der Waals surface area contributed by atoms with Crippen molar-refractivity contribution in [3.63, 3.8) is 0 Å². The molecule has 11 nitrogen and oxygen atoms in total. The van der Waals surface area contributed by atoms with E-state index in [0.29, 0.717) is 83.9 Å². The minimum absolute atomic E-state index is 0.102. The number of benzene rings is 1. The molecule has 0 saturated carbocycles. The van der Waals surface area contributed by atoms with Gasteiger partial charge in [0.2, 0.25) is 23.6 Å². The number of nitrogens with zero attached hydrogens (tertiary/aromatic N) is 1. The second kappa shape index (κ2) is 15.1. The fourth-order valence-electron chi connectivity index (χ4n) is 5.62. The predicted molar refractivity (Wildman–Crippen MR) is 151 cm³/mol. The lowest BCUT2D eigenvalue weighted by atomic mass is 10.0. The van der Waals surface area contributed by atoms with Gasteiger partial charge < -0.3 is 31.3 Å². The van der Waals surface area contributed by atoms with Crippen LogP contribution < -0.4 is 21.7 Å². The molecule has 4 amide bonds. The Bertz CT molecular complexity index is 1080. The lowest BCUT2D eigenvalue weighted by Gasteiger charge is -2.32. The number of nitrogens with one attached hydrogen (secondary N) is 3. The molecule has 5 atom stereocenters. The summed E-state index contributed by atoms with van der Waals surface area (Å²) in [6.07, 6.45) is 5.65. The minimum Gasteiger partial charge on any atom is -0.365 e. The van der Waals surface area contributed by atoms with Crippen LogP contribution in [0.1, 0.15) is 69.8 Å². The summed E-state index contributed by atoms with van der Waals surface area (Å²) >= 11 is 0. The highest BCUT2D eigenvalue weighted by molar-refractivity contribution is 5.98. The maximum Gasteiger partial charge on any atom is 0.246 e. The lowest BCUT2D eigenvalue weighted by molar-refractivity contribution is -0.143. The molecule has 4 rings (SSSR count). The number of hydrogen-bond acceptors (Lipinski definition) is 7. The molecule has 5 N–H and O–H groups in total. The molecule has 3 fully saturated rings. The van der Waals surface area contributed by atoms with Crippen LogP contribution in [0.3, 0.4) is 0 Å². The van der Waals surface area contributed by atoms with Gasteiger partial charge in [0.1, 0.15) is 30.3 Å². The Labute approximate surface area is 241 Å². The van der Waals surface area contributed by atoms with Crippen molar-refractivity contribution in [3.05, 3.63) is 35.9 Å². The van der Waals surface area contributed by atoms with Crippen LogP contribution in [0.15, 0.2) is 30.3 Å². The van der Waals surface area contributed by atoms with Crippen molar-refractivity contribution in [1.29, 1.82) is 0 Å². The van der Waals surface area contributed by atoms with Crippen LogP contribution in [0.2, 0.25) is 0 Å². The Hall–Kier alpha value is -3.31.